The van der Waals surface area contributed by atoms with Gasteiger partial charge < -0.3 is 5.11 Å². The molecule has 1 N–H and O–H groups in total. The van der Waals surface area contributed by atoms with Crippen molar-refractivity contribution in [1.82, 2.24) is 0 Å². The van der Waals surface area contributed by atoms with Gasteiger partial charge >= 0.3 is 5.97 Å². The highest BCUT2D eigenvalue weighted by Gasteiger charge is 2.11. The molecule has 0 heterocycles. The Morgan fingerprint density at radius 1 is 1.53 bits per heavy atom. The third-order valence-electron chi connectivity index (χ3n) is 1.41. The van der Waals surface area contributed by atoms with Gasteiger partial charge in [-0.05, 0) is 13.0 Å². The summed E-state index contributed by atoms with van der Waals surface area (Å²) in [6, 6.07) is 0. The minimum atomic E-state index is -1.02. The van der Waals surface area contributed by atoms with Gasteiger partial charge in [-0.2, -0.15) is 4.89 Å². The van der Waals surface area contributed by atoms with Crippen LogP contribution in [0.3, 0.4) is 0 Å². The number of aliphatic hydroxyl groups excluding tert-OH is 1. The fourth-order valence-electron chi connectivity index (χ4n) is 0.612. The molecular formula is C10H14O5. The number of carbonyl (C=O) groups is 2. The van der Waals surface area contributed by atoms with Crippen LogP contribution in [0.15, 0.2) is 24.8 Å². The molecule has 15 heavy (non-hydrogen) atoms. The summed E-state index contributed by atoms with van der Waals surface area (Å²) in [7, 11) is 0. The molecule has 1 atom stereocenters. The van der Waals surface area contributed by atoms with Gasteiger partial charge in [-0.15, -0.1) is 0 Å². The Morgan fingerprint density at radius 3 is 2.60 bits per heavy atom. The first kappa shape index (κ1) is 13.5. The van der Waals surface area contributed by atoms with E-state index >= 15 is 0 Å². The summed E-state index contributed by atoms with van der Waals surface area (Å²) in [5.74, 6) is -1.02. The number of hydrogen-bond acceptors (Lipinski definition) is 5. The average Bonchev–Trinajstić information content (AvgIpc) is 2.17. The van der Waals surface area contributed by atoms with Crippen LogP contribution >= 0.6 is 0 Å². The smallest absolute Gasteiger partial charge is 0.368 e. The van der Waals surface area contributed by atoms with Crippen molar-refractivity contribution in [2.24, 2.45) is 0 Å². The third kappa shape index (κ3) is 6.59. The van der Waals surface area contributed by atoms with Crippen molar-refractivity contribution >= 4 is 11.8 Å². The van der Waals surface area contributed by atoms with E-state index in [2.05, 4.69) is 22.9 Å². The molecule has 0 aromatic rings. The fourth-order valence-corrected chi connectivity index (χ4v) is 0.612. The monoisotopic (exact) mass is 214 g/mol. The SMILES string of the molecule is C=CC(=O)CC(O)COOC(=O)C(=C)C. The highest BCUT2D eigenvalue weighted by molar-refractivity contribution is 5.89. The second kappa shape index (κ2) is 6.92. The predicted molar refractivity (Wildman–Crippen MR) is 52.7 cm³/mol. The van der Waals surface area contributed by atoms with Gasteiger partial charge in [0.2, 0.25) is 0 Å². The fraction of sp³-hybridized carbons (Fsp3) is 0.400. The molecule has 0 saturated carbocycles. The first-order chi connectivity index (χ1) is 6.97. The molecule has 0 aliphatic heterocycles. The maximum Gasteiger partial charge on any atom is 0.368 e. The van der Waals surface area contributed by atoms with Crippen LogP contribution in [0.25, 0.3) is 0 Å². The summed E-state index contributed by atoms with van der Waals surface area (Å²) in [5, 5.41) is 9.19. The highest BCUT2D eigenvalue weighted by atomic mass is 17.2. The van der Waals surface area contributed by atoms with Gasteiger partial charge in [0.15, 0.2) is 5.78 Å². The molecule has 0 aliphatic rings. The number of rotatable bonds is 7. The molecule has 0 rings (SSSR count). The second-order valence-corrected chi connectivity index (χ2v) is 2.96. The molecule has 0 aromatic carbocycles. The maximum atomic E-state index is 10.8. The van der Waals surface area contributed by atoms with Crippen LogP contribution in [-0.4, -0.2) is 29.6 Å². The Balaban J connectivity index is 3.68. The van der Waals surface area contributed by atoms with Crippen LogP contribution in [0.2, 0.25) is 0 Å². The lowest BCUT2D eigenvalue weighted by atomic mass is 10.2. The average molecular weight is 214 g/mol. The van der Waals surface area contributed by atoms with E-state index in [1.54, 1.807) is 0 Å². The summed E-state index contributed by atoms with van der Waals surface area (Å²) in [6.07, 6.45) is -0.0366. The zero-order chi connectivity index (χ0) is 11.8. The molecule has 0 aliphatic carbocycles. The van der Waals surface area contributed by atoms with Crippen LogP contribution in [-0.2, 0) is 19.4 Å². The second-order valence-electron chi connectivity index (χ2n) is 2.96. The molecule has 0 bridgehead atoms. The quantitative estimate of drug-likeness (QED) is 0.380. The zero-order valence-electron chi connectivity index (χ0n) is 8.56. The van der Waals surface area contributed by atoms with E-state index in [1.165, 1.54) is 6.92 Å². The minimum absolute atomic E-state index is 0.117. The zero-order valence-corrected chi connectivity index (χ0v) is 8.56. The molecule has 5 heteroatoms. The molecule has 0 radical (unpaired) electrons. The molecule has 0 saturated heterocycles. The number of carbonyl (C=O) groups excluding carboxylic acids is 2. The summed E-state index contributed by atoms with van der Waals surface area (Å²) >= 11 is 0. The lowest BCUT2D eigenvalue weighted by Crippen LogP contribution is -2.20. The molecular weight excluding hydrogens is 200 g/mol. The van der Waals surface area contributed by atoms with E-state index < -0.39 is 12.1 Å². The van der Waals surface area contributed by atoms with Crippen LogP contribution in [0.1, 0.15) is 13.3 Å². The van der Waals surface area contributed by atoms with E-state index in [1.807, 2.05) is 0 Å². The predicted octanol–water partition coefficient (Wildman–Crippen LogP) is 0.543. The van der Waals surface area contributed by atoms with Gasteiger partial charge in [0, 0.05) is 12.0 Å². The molecule has 0 amide bonds. The molecule has 0 fully saturated rings. The van der Waals surface area contributed by atoms with Crippen LogP contribution in [0, 0.1) is 0 Å². The van der Waals surface area contributed by atoms with Gasteiger partial charge in [0.05, 0.1) is 6.10 Å². The Kier molecular flexibility index (Phi) is 6.24. The van der Waals surface area contributed by atoms with Crippen molar-refractivity contribution in [3.63, 3.8) is 0 Å². The first-order valence-electron chi connectivity index (χ1n) is 4.30. The largest absolute Gasteiger partial charge is 0.390 e. The van der Waals surface area contributed by atoms with E-state index in [9.17, 15) is 14.7 Å². The normalized spacial score (nSPS) is 11.6. The molecule has 0 spiro atoms. The van der Waals surface area contributed by atoms with Gasteiger partial charge in [0.1, 0.15) is 6.61 Å². The van der Waals surface area contributed by atoms with E-state index in [-0.39, 0.29) is 24.4 Å². The number of allylic oxidation sites excluding steroid dienone is 1. The summed E-state index contributed by atoms with van der Waals surface area (Å²) < 4.78 is 0. The summed E-state index contributed by atoms with van der Waals surface area (Å²) in [6.45, 7) is 7.77. The minimum Gasteiger partial charge on any atom is -0.390 e. The van der Waals surface area contributed by atoms with Gasteiger partial charge in [-0.3, -0.25) is 9.68 Å². The first-order valence-corrected chi connectivity index (χ1v) is 4.30. The van der Waals surface area contributed by atoms with Crippen LogP contribution in [0.4, 0.5) is 0 Å². The van der Waals surface area contributed by atoms with Crippen molar-refractivity contribution in [2.75, 3.05) is 6.61 Å². The van der Waals surface area contributed by atoms with Crippen LogP contribution in [0.5, 0.6) is 0 Å². The molecule has 1 unspecified atom stereocenters. The van der Waals surface area contributed by atoms with E-state index in [0.29, 0.717) is 0 Å². The lowest BCUT2D eigenvalue weighted by Gasteiger charge is -2.07. The highest BCUT2D eigenvalue weighted by Crippen LogP contribution is 1.98. The lowest BCUT2D eigenvalue weighted by molar-refractivity contribution is -0.277. The Labute approximate surface area is 87.9 Å². The van der Waals surface area contributed by atoms with Crippen molar-refractivity contribution < 1.29 is 24.5 Å². The molecule has 84 valence electrons. The maximum absolute atomic E-state index is 10.8. The Hall–Kier alpha value is -1.46. The van der Waals surface area contributed by atoms with E-state index in [0.717, 1.165) is 6.08 Å². The number of aliphatic hydroxyl groups is 1. The third-order valence-corrected chi connectivity index (χ3v) is 1.41. The van der Waals surface area contributed by atoms with Crippen molar-refractivity contribution in [2.45, 2.75) is 19.4 Å². The number of hydrogen-bond donors (Lipinski definition) is 1. The summed E-state index contributed by atoms with van der Waals surface area (Å²) in [5.41, 5.74) is 0.187. The van der Waals surface area contributed by atoms with Gasteiger partial charge in [-0.1, -0.05) is 13.2 Å². The molecule has 5 nitrogen and oxygen atoms in total. The molecule has 0 aromatic heterocycles. The van der Waals surface area contributed by atoms with Crippen molar-refractivity contribution in [1.29, 1.82) is 0 Å². The Bertz CT molecular complexity index is 269. The van der Waals surface area contributed by atoms with Gasteiger partial charge in [0.25, 0.3) is 0 Å². The number of ketones is 1. The standard InChI is InChI=1S/C10H14O5/c1-4-8(11)5-9(12)6-14-15-10(13)7(2)3/h4,9,12H,1-2,5-6H2,3H3. The van der Waals surface area contributed by atoms with E-state index in [4.69, 9.17) is 0 Å². The summed E-state index contributed by atoms with van der Waals surface area (Å²) in [4.78, 5) is 30.2. The Morgan fingerprint density at radius 2 is 2.13 bits per heavy atom. The van der Waals surface area contributed by atoms with Crippen molar-refractivity contribution in [3.8, 4) is 0 Å². The topological polar surface area (TPSA) is 72.8 Å². The van der Waals surface area contributed by atoms with Crippen molar-refractivity contribution in [3.05, 3.63) is 24.8 Å². The van der Waals surface area contributed by atoms with Gasteiger partial charge in [-0.25, -0.2) is 4.79 Å². The van der Waals surface area contributed by atoms with Crippen LogP contribution < -0.4 is 0 Å².